The van der Waals surface area contributed by atoms with Gasteiger partial charge in [0.05, 0.1) is 18.1 Å². The highest BCUT2D eigenvalue weighted by molar-refractivity contribution is 5.91. The second-order valence-electron chi connectivity index (χ2n) is 12.9. The average molecular weight is 651 g/mol. The Balaban J connectivity index is 2.30. The van der Waals surface area contributed by atoms with Crippen LogP contribution in [0.2, 0.25) is 0 Å². The monoisotopic (exact) mass is 650 g/mol. The van der Waals surface area contributed by atoms with Gasteiger partial charge in [0, 0.05) is 38.9 Å². The van der Waals surface area contributed by atoms with E-state index in [9.17, 15) is 24.6 Å². The molecule has 1 aliphatic rings. The van der Waals surface area contributed by atoms with Gasteiger partial charge in [-0.25, -0.2) is 0 Å². The molecule has 1 aromatic rings. The van der Waals surface area contributed by atoms with Gasteiger partial charge in [-0.3, -0.25) is 14.4 Å². The van der Waals surface area contributed by atoms with E-state index in [0.717, 1.165) is 57.3 Å². The van der Waals surface area contributed by atoms with Crippen LogP contribution in [-0.4, -0.2) is 95.3 Å². The highest BCUT2D eigenvalue weighted by atomic mass is 16.3. The molecule has 9 heteroatoms. The number of benzene rings is 1. The molecule has 0 radical (unpaired) electrons. The molecule has 0 aromatic heterocycles. The first-order valence-corrected chi connectivity index (χ1v) is 17.4. The first-order valence-electron chi connectivity index (χ1n) is 17.4. The average Bonchev–Trinajstić information content (AvgIpc) is 3.08. The van der Waals surface area contributed by atoms with Gasteiger partial charge in [-0.15, -0.1) is 24.7 Å². The number of carbonyl (C=O) groups excluding carboxylic acids is 3. The van der Waals surface area contributed by atoms with Crippen molar-refractivity contribution in [1.82, 2.24) is 20.4 Å². The van der Waals surface area contributed by atoms with Crippen LogP contribution in [0.5, 0.6) is 0 Å². The van der Waals surface area contributed by atoms with Gasteiger partial charge in [0.25, 0.3) is 0 Å². The summed E-state index contributed by atoms with van der Waals surface area (Å²) in [5, 5.41) is 27.5. The number of terminal acetylenes is 2. The molecule has 0 bridgehead atoms. The predicted molar refractivity (Wildman–Crippen MR) is 187 cm³/mol. The molecule has 1 saturated carbocycles. The topological polar surface area (TPSA) is 122 Å². The maximum Gasteiger partial charge on any atom is 0.244 e. The first-order chi connectivity index (χ1) is 22.6. The molecular formula is C38H58N4O5. The molecule has 260 valence electrons. The Bertz CT molecular complexity index is 1170. The lowest BCUT2D eigenvalue weighted by Gasteiger charge is -2.34. The molecule has 1 aromatic carbocycles. The Morgan fingerprint density at radius 2 is 1.62 bits per heavy atom. The van der Waals surface area contributed by atoms with E-state index in [1.807, 2.05) is 37.3 Å². The minimum absolute atomic E-state index is 0.0298. The van der Waals surface area contributed by atoms with Crippen LogP contribution in [0.25, 0.3) is 0 Å². The van der Waals surface area contributed by atoms with Crippen molar-refractivity contribution in [2.45, 2.75) is 109 Å². The van der Waals surface area contributed by atoms with Crippen LogP contribution in [0.15, 0.2) is 30.3 Å². The smallest absolute Gasteiger partial charge is 0.244 e. The van der Waals surface area contributed by atoms with E-state index in [1.54, 1.807) is 11.9 Å². The molecule has 6 atom stereocenters. The maximum absolute atomic E-state index is 14.0. The summed E-state index contributed by atoms with van der Waals surface area (Å²) in [7, 11) is 1.75. The van der Waals surface area contributed by atoms with Crippen LogP contribution in [0.3, 0.4) is 0 Å². The zero-order valence-electron chi connectivity index (χ0n) is 29.0. The highest BCUT2D eigenvalue weighted by Gasteiger charge is 2.36. The zero-order valence-corrected chi connectivity index (χ0v) is 29.0. The first kappa shape index (κ1) is 39.8. The molecule has 0 saturated heterocycles. The standard InChI is InChI=1S/C38H58N4O5/c1-7-18-33(43)36(45)32(26-29-21-16-13-17-22-29)39-38(47)35(30(8-2)9-3)40-37(46)31(25-28-19-14-12-15-20-28)27-34(44)41(6)23-24-42(10-4)11-5/h1-2,12,14-15,19-20,29-33,35-36,43,45H,9-11,13,16-18,21-27H2,3-6H3,(H,39,47)(H,40,46)/t30?,31?,32?,33?,35-,36+/m0/s1. The Kier molecular flexibility index (Phi) is 18.2. The molecule has 0 aliphatic heterocycles. The molecular weight excluding hydrogens is 592 g/mol. The van der Waals surface area contributed by atoms with Gasteiger partial charge in [0.1, 0.15) is 12.1 Å². The van der Waals surface area contributed by atoms with Crippen molar-refractivity contribution < 1.29 is 24.6 Å². The number of hydrogen-bond acceptors (Lipinski definition) is 6. The lowest BCUT2D eigenvalue weighted by atomic mass is 9.82. The van der Waals surface area contributed by atoms with Crippen LogP contribution in [0.1, 0.15) is 84.1 Å². The number of carbonyl (C=O) groups is 3. The van der Waals surface area contributed by atoms with Crippen LogP contribution in [0.4, 0.5) is 0 Å². The van der Waals surface area contributed by atoms with Gasteiger partial charge >= 0.3 is 0 Å². The maximum atomic E-state index is 14.0. The molecule has 0 spiro atoms. The summed E-state index contributed by atoms with van der Waals surface area (Å²) in [6, 6.07) is 7.61. The Morgan fingerprint density at radius 1 is 0.957 bits per heavy atom. The Labute approximate surface area is 283 Å². The fourth-order valence-corrected chi connectivity index (χ4v) is 6.40. The largest absolute Gasteiger partial charge is 0.389 e. The molecule has 4 unspecified atom stereocenters. The summed E-state index contributed by atoms with van der Waals surface area (Å²) in [5.74, 6) is 2.82. The predicted octanol–water partition coefficient (Wildman–Crippen LogP) is 3.38. The normalized spacial score (nSPS) is 17.3. The number of rotatable bonds is 20. The fourth-order valence-electron chi connectivity index (χ4n) is 6.40. The highest BCUT2D eigenvalue weighted by Crippen LogP contribution is 2.29. The van der Waals surface area contributed by atoms with Gasteiger partial charge in [0.15, 0.2) is 0 Å². The van der Waals surface area contributed by atoms with E-state index in [1.165, 1.54) is 0 Å². The van der Waals surface area contributed by atoms with E-state index in [-0.39, 0.29) is 24.7 Å². The molecule has 4 N–H and O–H groups in total. The van der Waals surface area contributed by atoms with Crippen LogP contribution >= 0.6 is 0 Å². The summed E-state index contributed by atoms with van der Waals surface area (Å²) < 4.78 is 0. The quantitative estimate of drug-likeness (QED) is 0.161. The fraction of sp³-hybridized carbons (Fsp3) is 0.658. The third kappa shape index (κ3) is 13.3. The molecule has 1 fully saturated rings. The van der Waals surface area contributed by atoms with Gasteiger partial charge in [-0.05, 0) is 43.8 Å². The van der Waals surface area contributed by atoms with Gasteiger partial charge in [-0.2, -0.15) is 0 Å². The van der Waals surface area contributed by atoms with Crippen molar-refractivity contribution in [1.29, 1.82) is 0 Å². The van der Waals surface area contributed by atoms with Crippen molar-refractivity contribution >= 4 is 17.7 Å². The molecule has 0 heterocycles. The number of aliphatic hydroxyl groups is 2. The second-order valence-corrected chi connectivity index (χ2v) is 12.9. The summed E-state index contributed by atoms with van der Waals surface area (Å²) >= 11 is 0. The van der Waals surface area contributed by atoms with Crippen molar-refractivity contribution in [3.8, 4) is 24.7 Å². The summed E-state index contributed by atoms with van der Waals surface area (Å²) in [4.78, 5) is 45.2. The Morgan fingerprint density at radius 3 is 2.19 bits per heavy atom. The van der Waals surface area contributed by atoms with E-state index in [0.29, 0.717) is 25.8 Å². The third-order valence-corrected chi connectivity index (χ3v) is 9.60. The lowest BCUT2D eigenvalue weighted by Crippen LogP contribution is -2.57. The van der Waals surface area contributed by atoms with Crippen LogP contribution in [-0.2, 0) is 20.8 Å². The number of hydrogen-bond donors (Lipinski definition) is 4. The van der Waals surface area contributed by atoms with E-state index >= 15 is 0 Å². The minimum Gasteiger partial charge on any atom is -0.389 e. The minimum atomic E-state index is -1.28. The van der Waals surface area contributed by atoms with Crippen molar-refractivity contribution in [3.63, 3.8) is 0 Å². The number of likely N-dealkylation sites (N-methyl/N-ethyl adjacent to an activating group) is 2. The molecule has 9 nitrogen and oxygen atoms in total. The number of amides is 3. The van der Waals surface area contributed by atoms with Crippen molar-refractivity contribution in [3.05, 3.63) is 35.9 Å². The number of nitrogens with zero attached hydrogens (tertiary/aromatic N) is 2. The summed E-state index contributed by atoms with van der Waals surface area (Å²) in [6.45, 7) is 9.05. The van der Waals surface area contributed by atoms with E-state index in [4.69, 9.17) is 12.8 Å². The zero-order chi connectivity index (χ0) is 34.8. The SMILES string of the molecule is C#CCC(O)[C@H](O)C(CC1CCCCC1)NC(=O)[C@@H](NC(=O)C(CC(=O)N(C)CCN(CC)CC)Cc1ccccc1)C(C#C)CC. The third-order valence-electron chi connectivity index (χ3n) is 9.60. The van der Waals surface area contributed by atoms with Crippen LogP contribution < -0.4 is 10.6 Å². The summed E-state index contributed by atoms with van der Waals surface area (Å²) in [6.07, 6.45) is 15.2. The van der Waals surface area contributed by atoms with Gasteiger partial charge in [0.2, 0.25) is 17.7 Å². The van der Waals surface area contributed by atoms with Crippen LogP contribution in [0, 0.1) is 42.4 Å². The van der Waals surface area contributed by atoms with E-state index < -0.39 is 47.9 Å². The lowest BCUT2D eigenvalue weighted by molar-refractivity contribution is -0.137. The van der Waals surface area contributed by atoms with Gasteiger partial charge < -0.3 is 30.6 Å². The number of aliphatic hydroxyl groups excluding tert-OH is 2. The van der Waals surface area contributed by atoms with E-state index in [2.05, 4.69) is 41.2 Å². The molecule has 47 heavy (non-hydrogen) atoms. The molecule has 3 amide bonds. The van der Waals surface area contributed by atoms with Crippen molar-refractivity contribution in [2.24, 2.45) is 17.8 Å². The molecule has 1 aliphatic carbocycles. The second kappa shape index (κ2) is 21.5. The van der Waals surface area contributed by atoms with Gasteiger partial charge in [-0.1, -0.05) is 83.2 Å². The number of nitrogens with one attached hydrogen (secondary N) is 2. The summed E-state index contributed by atoms with van der Waals surface area (Å²) in [5.41, 5.74) is 0.898. The Hall–Kier alpha value is -3.37. The molecule has 2 rings (SSSR count). The van der Waals surface area contributed by atoms with Crippen molar-refractivity contribution in [2.75, 3.05) is 33.2 Å².